The summed E-state index contributed by atoms with van der Waals surface area (Å²) >= 11 is 0. The molecule has 3 aromatic rings. The van der Waals surface area contributed by atoms with Crippen LogP contribution in [0, 0.1) is 13.8 Å². The van der Waals surface area contributed by atoms with Crippen LogP contribution in [0.1, 0.15) is 21.6 Å². The maximum Gasteiger partial charge on any atom is 0.276 e. The Morgan fingerprint density at radius 3 is 2.48 bits per heavy atom. The van der Waals surface area contributed by atoms with E-state index in [9.17, 15) is 4.79 Å². The number of nitrogens with one attached hydrogen (secondary N) is 1. The molecular weight excluding hydrogens is 312 g/mol. The molecule has 1 N–H and O–H groups in total. The highest BCUT2D eigenvalue weighted by Gasteiger charge is 2.15. The number of para-hydroxylation sites is 1. The Bertz CT molecular complexity index is 893. The molecule has 0 spiro atoms. The number of rotatable bonds is 4. The molecule has 5 heteroatoms. The standard InChI is InChI=1S/C20H20N4O/c1-14-9-10-16(13-15(14)2)22-20-21-12-11-18(23-20)19(25)24(3)17-7-5-4-6-8-17/h4-13H,1-3H3,(H,21,22,23). The zero-order valence-corrected chi connectivity index (χ0v) is 14.5. The van der Waals surface area contributed by atoms with Crippen molar-refractivity contribution in [2.24, 2.45) is 0 Å². The number of carbonyl (C=O) groups is 1. The molecular formula is C20H20N4O. The van der Waals surface area contributed by atoms with Crippen LogP contribution in [0.25, 0.3) is 0 Å². The largest absolute Gasteiger partial charge is 0.324 e. The molecule has 0 radical (unpaired) electrons. The van der Waals surface area contributed by atoms with Gasteiger partial charge in [-0.25, -0.2) is 9.97 Å². The van der Waals surface area contributed by atoms with Crippen molar-refractivity contribution in [1.29, 1.82) is 0 Å². The Kier molecular flexibility index (Phi) is 4.75. The fourth-order valence-electron chi connectivity index (χ4n) is 2.43. The molecule has 0 atom stereocenters. The summed E-state index contributed by atoms with van der Waals surface area (Å²) in [5.41, 5.74) is 4.45. The van der Waals surface area contributed by atoms with Crippen LogP contribution < -0.4 is 10.2 Å². The van der Waals surface area contributed by atoms with Gasteiger partial charge in [-0.2, -0.15) is 0 Å². The number of benzene rings is 2. The minimum Gasteiger partial charge on any atom is -0.324 e. The number of aromatic nitrogens is 2. The summed E-state index contributed by atoms with van der Waals surface area (Å²) in [4.78, 5) is 22.8. The fraction of sp³-hybridized carbons (Fsp3) is 0.150. The van der Waals surface area contributed by atoms with Gasteiger partial charge in [-0.1, -0.05) is 24.3 Å². The van der Waals surface area contributed by atoms with Gasteiger partial charge in [0.1, 0.15) is 5.69 Å². The molecule has 0 fully saturated rings. The van der Waals surface area contributed by atoms with Crippen LogP contribution in [-0.2, 0) is 0 Å². The highest BCUT2D eigenvalue weighted by Crippen LogP contribution is 2.18. The first-order valence-electron chi connectivity index (χ1n) is 8.05. The Labute approximate surface area is 147 Å². The molecule has 1 heterocycles. The minimum absolute atomic E-state index is 0.184. The Balaban J connectivity index is 1.81. The van der Waals surface area contributed by atoms with Crippen molar-refractivity contribution in [3.05, 3.63) is 77.6 Å². The van der Waals surface area contributed by atoms with Crippen LogP contribution in [0.15, 0.2) is 60.8 Å². The van der Waals surface area contributed by atoms with Crippen molar-refractivity contribution in [2.45, 2.75) is 13.8 Å². The molecule has 3 rings (SSSR count). The van der Waals surface area contributed by atoms with E-state index >= 15 is 0 Å². The molecule has 5 nitrogen and oxygen atoms in total. The number of hydrogen-bond donors (Lipinski definition) is 1. The number of anilines is 3. The van der Waals surface area contributed by atoms with Gasteiger partial charge in [0.25, 0.3) is 5.91 Å². The summed E-state index contributed by atoms with van der Waals surface area (Å²) in [5, 5.41) is 3.15. The van der Waals surface area contributed by atoms with Crippen LogP contribution in [0.2, 0.25) is 0 Å². The molecule has 126 valence electrons. The molecule has 1 amide bonds. The normalized spacial score (nSPS) is 10.4. The Morgan fingerprint density at radius 1 is 1.00 bits per heavy atom. The van der Waals surface area contributed by atoms with Crippen molar-refractivity contribution < 1.29 is 4.79 Å². The molecule has 0 aliphatic heterocycles. The second-order valence-corrected chi connectivity index (χ2v) is 5.89. The van der Waals surface area contributed by atoms with Gasteiger partial charge in [-0.05, 0) is 55.3 Å². The SMILES string of the molecule is Cc1ccc(Nc2nccc(C(=O)N(C)c3ccccc3)n2)cc1C. The van der Waals surface area contributed by atoms with E-state index in [1.165, 1.54) is 11.1 Å². The smallest absolute Gasteiger partial charge is 0.276 e. The third-order valence-electron chi connectivity index (χ3n) is 4.09. The van der Waals surface area contributed by atoms with Crippen molar-refractivity contribution in [1.82, 2.24) is 9.97 Å². The van der Waals surface area contributed by atoms with E-state index in [0.29, 0.717) is 11.6 Å². The third-order valence-corrected chi connectivity index (χ3v) is 4.09. The summed E-state index contributed by atoms with van der Waals surface area (Å²) in [6.45, 7) is 4.12. The third kappa shape index (κ3) is 3.83. The number of amides is 1. The molecule has 0 bridgehead atoms. The molecule has 0 unspecified atom stereocenters. The quantitative estimate of drug-likeness (QED) is 0.781. The summed E-state index contributed by atoms with van der Waals surface area (Å²) in [5.74, 6) is 0.215. The monoisotopic (exact) mass is 332 g/mol. The van der Waals surface area contributed by atoms with Gasteiger partial charge in [0.05, 0.1) is 0 Å². The summed E-state index contributed by atoms with van der Waals surface area (Å²) in [6, 6.07) is 17.1. The average Bonchev–Trinajstić information content (AvgIpc) is 2.64. The van der Waals surface area contributed by atoms with Gasteiger partial charge < -0.3 is 10.2 Å². The fourth-order valence-corrected chi connectivity index (χ4v) is 2.43. The van der Waals surface area contributed by atoms with Crippen LogP contribution in [-0.4, -0.2) is 22.9 Å². The van der Waals surface area contributed by atoms with Crippen molar-refractivity contribution >= 4 is 23.2 Å². The van der Waals surface area contributed by atoms with Crippen LogP contribution >= 0.6 is 0 Å². The van der Waals surface area contributed by atoms with E-state index < -0.39 is 0 Å². The zero-order valence-electron chi connectivity index (χ0n) is 14.5. The zero-order chi connectivity index (χ0) is 17.8. The lowest BCUT2D eigenvalue weighted by Gasteiger charge is -2.17. The number of aryl methyl sites for hydroxylation is 2. The van der Waals surface area contributed by atoms with E-state index in [0.717, 1.165) is 11.4 Å². The van der Waals surface area contributed by atoms with Crippen molar-refractivity contribution in [3.8, 4) is 0 Å². The van der Waals surface area contributed by atoms with E-state index in [1.807, 2.05) is 48.5 Å². The Morgan fingerprint density at radius 2 is 1.76 bits per heavy atom. The summed E-state index contributed by atoms with van der Waals surface area (Å²) in [6.07, 6.45) is 1.59. The lowest BCUT2D eigenvalue weighted by atomic mass is 10.1. The highest BCUT2D eigenvalue weighted by molar-refractivity contribution is 6.04. The average molecular weight is 332 g/mol. The predicted octanol–water partition coefficient (Wildman–Crippen LogP) is 4.11. The number of nitrogens with zero attached hydrogens (tertiary/aromatic N) is 3. The molecule has 1 aromatic heterocycles. The van der Waals surface area contributed by atoms with Gasteiger partial charge >= 0.3 is 0 Å². The lowest BCUT2D eigenvalue weighted by molar-refractivity contribution is 0.0988. The van der Waals surface area contributed by atoms with Gasteiger partial charge in [0, 0.05) is 24.6 Å². The van der Waals surface area contributed by atoms with Crippen LogP contribution in [0.5, 0.6) is 0 Å². The predicted molar refractivity (Wildman–Crippen MR) is 100 cm³/mol. The summed E-state index contributed by atoms with van der Waals surface area (Å²) in [7, 11) is 1.73. The highest BCUT2D eigenvalue weighted by atomic mass is 16.2. The molecule has 0 saturated heterocycles. The Hall–Kier alpha value is -3.21. The first-order chi connectivity index (χ1) is 12.0. The molecule has 0 aliphatic carbocycles. The van der Waals surface area contributed by atoms with E-state index in [2.05, 4.69) is 29.1 Å². The van der Waals surface area contributed by atoms with Gasteiger partial charge in [0.15, 0.2) is 0 Å². The van der Waals surface area contributed by atoms with E-state index in [4.69, 9.17) is 0 Å². The lowest BCUT2D eigenvalue weighted by Crippen LogP contribution is -2.27. The second-order valence-electron chi connectivity index (χ2n) is 5.89. The van der Waals surface area contributed by atoms with E-state index in [-0.39, 0.29) is 5.91 Å². The molecule has 0 aliphatic rings. The van der Waals surface area contributed by atoms with Crippen molar-refractivity contribution in [2.75, 3.05) is 17.3 Å². The summed E-state index contributed by atoms with van der Waals surface area (Å²) < 4.78 is 0. The molecule has 0 saturated carbocycles. The van der Waals surface area contributed by atoms with Gasteiger partial charge in [-0.3, -0.25) is 4.79 Å². The maximum absolute atomic E-state index is 12.7. The van der Waals surface area contributed by atoms with Crippen molar-refractivity contribution in [3.63, 3.8) is 0 Å². The second kappa shape index (κ2) is 7.13. The van der Waals surface area contributed by atoms with Crippen LogP contribution in [0.4, 0.5) is 17.3 Å². The topological polar surface area (TPSA) is 58.1 Å². The van der Waals surface area contributed by atoms with Crippen LogP contribution in [0.3, 0.4) is 0 Å². The minimum atomic E-state index is -0.184. The number of hydrogen-bond acceptors (Lipinski definition) is 4. The van der Waals surface area contributed by atoms with E-state index in [1.54, 1.807) is 24.2 Å². The first kappa shape index (κ1) is 16.6. The molecule has 25 heavy (non-hydrogen) atoms. The first-order valence-corrected chi connectivity index (χ1v) is 8.05. The maximum atomic E-state index is 12.7. The number of carbonyl (C=O) groups excluding carboxylic acids is 1. The van der Waals surface area contributed by atoms with Gasteiger partial charge in [0.2, 0.25) is 5.95 Å². The van der Waals surface area contributed by atoms with Gasteiger partial charge in [-0.15, -0.1) is 0 Å². The molecule has 2 aromatic carbocycles.